The SMILES string of the molecule is Cc1c(Br)cnc2cc(Br)ccc12. The lowest BCUT2D eigenvalue weighted by atomic mass is 10.1. The Balaban J connectivity index is 2.87. The molecule has 2 rings (SSSR count). The molecule has 66 valence electrons. The third-order valence-corrected chi connectivity index (χ3v) is 3.33. The molecular weight excluding hydrogens is 294 g/mol. The van der Waals surface area contributed by atoms with E-state index in [9.17, 15) is 0 Å². The van der Waals surface area contributed by atoms with E-state index in [0.717, 1.165) is 14.5 Å². The van der Waals surface area contributed by atoms with E-state index in [0.29, 0.717) is 0 Å². The van der Waals surface area contributed by atoms with Crippen LogP contribution >= 0.6 is 31.9 Å². The van der Waals surface area contributed by atoms with Gasteiger partial charge in [-0.15, -0.1) is 0 Å². The number of aromatic nitrogens is 1. The summed E-state index contributed by atoms with van der Waals surface area (Å²) in [6.07, 6.45) is 1.84. The first-order valence-corrected chi connectivity index (χ1v) is 5.47. The highest BCUT2D eigenvalue weighted by atomic mass is 79.9. The second kappa shape index (κ2) is 3.39. The molecule has 0 radical (unpaired) electrons. The van der Waals surface area contributed by atoms with Crippen LogP contribution in [0.3, 0.4) is 0 Å². The predicted molar refractivity (Wildman–Crippen MR) is 61.9 cm³/mol. The number of aryl methyl sites for hydroxylation is 1. The lowest BCUT2D eigenvalue weighted by Crippen LogP contribution is -1.84. The van der Waals surface area contributed by atoms with Gasteiger partial charge in [0.25, 0.3) is 0 Å². The van der Waals surface area contributed by atoms with Crippen molar-refractivity contribution < 1.29 is 0 Å². The minimum atomic E-state index is 1.02. The molecule has 0 amide bonds. The Morgan fingerprint density at radius 2 is 2.00 bits per heavy atom. The van der Waals surface area contributed by atoms with Crippen molar-refractivity contribution in [2.75, 3.05) is 0 Å². The quantitative estimate of drug-likeness (QED) is 0.715. The number of pyridine rings is 1. The second-order valence-electron chi connectivity index (χ2n) is 2.89. The number of rotatable bonds is 0. The van der Waals surface area contributed by atoms with Gasteiger partial charge in [-0.2, -0.15) is 0 Å². The predicted octanol–water partition coefficient (Wildman–Crippen LogP) is 4.07. The number of nitrogens with zero attached hydrogens (tertiary/aromatic N) is 1. The smallest absolute Gasteiger partial charge is 0.0716 e. The molecule has 13 heavy (non-hydrogen) atoms. The fraction of sp³-hybridized carbons (Fsp3) is 0.100. The van der Waals surface area contributed by atoms with Crippen LogP contribution in [-0.2, 0) is 0 Å². The van der Waals surface area contributed by atoms with Gasteiger partial charge in [-0.3, -0.25) is 4.98 Å². The summed E-state index contributed by atoms with van der Waals surface area (Å²) in [4.78, 5) is 4.33. The van der Waals surface area contributed by atoms with Crippen LogP contribution in [0.2, 0.25) is 0 Å². The van der Waals surface area contributed by atoms with E-state index in [1.54, 1.807) is 0 Å². The zero-order chi connectivity index (χ0) is 9.42. The Kier molecular flexibility index (Phi) is 2.39. The van der Waals surface area contributed by atoms with Gasteiger partial charge in [0.15, 0.2) is 0 Å². The Morgan fingerprint density at radius 1 is 1.23 bits per heavy atom. The third kappa shape index (κ3) is 1.63. The Morgan fingerprint density at radius 3 is 2.77 bits per heavy atom. The van der Waals surface area contributed by atoms with Gasteiger partial charge in [-0.05, 0) is 40.5 Å². The molecule has 0 saturated carbocycles. The van der Waals surface area contributed by atoms with E-state index < -0.39 is 0 Å². The van der Waals surface area contributed by atoms with E-state index in [4.69, 9.17) is 0 Å². The highest BCUT2D eigenvalue weighted by Crippen LogP contribution is 2.25. The van der Waals surface area contributed by atoms with Crippen molar-refractivity contribution in [3.8, 4) is 0 Å². The Hall–Kier alpha value is -0.410. The molecule has 0 spiro atoms. The van der Waals surface area contributed by atoms with E-state index in [-0.39, 0.29) is 0 Å². The summed E-state index contributed by atoms with van der Waals surface area (Å²) in [6, 6.07) is 6.13. The highest BCUT2D eigenvalue weighted by molar-refractivity contribution is 9.10. The zero-order valence-electron chi connectivity index (χ0n) is 7.01. The fourth-order valence-electron chi connectivity index (χ4n) is 1.28. The maximum atomic E-state index is 4.33. The van der Waals surface area contributed by atoms with Crippen molar-refractivity contribution in [1.82, 2.24) is 4.98 Å². The molecule has 0 fully saturated rings. The van der Waals surface area contributed by atoms with Crippen molar-refractivity contribution in [2.45, 2.75) is 6.92 Å². The molecule has 0 aliphatic rings. The standard InChI is InChI=1S/C10H7Br2N/c1-6-8-3-2-7(11)4-10(8)13-5-9(6)12/h2-5H,1H3. The van der Waals surface area contributed by atoms with Gasteiger partial charge >= 0.3 is 0 Å². The normalized spacial score (nSPS) is 10.7. The zero-order valence-corrected chi connectivity index (χ0v) is 10.2. The molecule has 0 aliphatic carbocycles. The molecule has 0 aliphatic heterocycles. The van der Waals surface area contributed by atoms with Crippen LogP contribution in [0, 0.1) is 6.92 Å². The van der Waals surface area contributed by atoms with Crippen LogP contribution in [0.5, 0.6) is 0 Å². The van der Waals surface area contributed by atoms with Gasteiger partial charge in [0.05, 0.1) is 5.52 Å². The van der Waals surface area contributed by atoms with Crippen molar-refractivity contribution in [2.24, 2.45) is 0 Å². The van der Waals surface area contributed by atoms with Gasteiger partial charge in [0, 0.05) is 20.5 Å². The number of hydrogen-bond donors (Lipinski definition) is 0. The molecule has 0 N–H and O–H groups in total. The fourth-order valence-corrected chi connectivity index (χ4v) is 1.95. The molecule has 3 heteroatoms. The third-order valence-electron chi connectivity index (χ3n) is 2.04. The Labute approximate surface area is 93.4 Å². The molecule has 0 atom stereocenters. The van der Waals surface area contributed by atoms with Crippen molar-refractivity contribution in [3.05, 3.63) is 38.9 Å². The lowest BCUT2D eigenvalue weighted by molar-refractivity contribution is 1.33. The van der Waals surface area contributed by atoms with Crippen molar-refractivity contribution >= 4 is 42.8 Å². The lowest BCUT2D eigenvalue weighted by Gasteiger charge is -2.03. The minimum Gasteiger partial charge on any atom is -0.255 e. The van der Waals surface area contributed by atoms with Gasteiger partial charge in [-0.1, -0.05) is 22.0 Å². The minimum absolute atomic E-state index is 1.02. The van der Waals surface area contributed by atoms with Gasteiger partial charge in [0.1, 0.15) is 0 Å². The summed E-state index contributed by atoms with van der Waals surface area (Å²) in [5, 5.41) is 1.19. The molecule has 1 nitrogen and oxygen atoms in total. The second-order valence-corrected chi connectivity index (χ2v) is 4.66. The number of fused-ring (bicyclic) bond motifs is 1. The number of halogens is 2. The first kappa shape index (κ1) is 9.16. The van der Waals surface area contributed by atoms with Crippen LogP contribution in [0.1, 0.15) is 5.56 Å². The van der Waals surface area contributed by atoms with Crippen LogP contribution in [0.15, 0.2) is 33.3 Å². The molecule has 1 aromatic carbocycles. The average molecular weight is 301 g/mol. The first-order chi connectivity index (χ1) is 6.18. The van der Waals surface area contributed by atoms with E-state index in [1.165, 1.54) is 10.9 Å². The van der Waals surface area contributed by atoms with Crippen molar-refractivity contribution in [1.29, 1.82) is 0 Å². The van der Waals surface area contributed by atoms with E-state index >= 15 is 0 Å². The summed E-state index contributed by atoms with van der Waals surface area (Å²) in [5.74, 6) is 0. The monoisotopic (exact) mass is 299 g/mol. The van der Waals surface area contributed by atoms with E-state index in [2.05, 4.69) is 49.8 Å². The topological polar surface area (TPSA) is 12.9 Å². The summed E-state index contributed by atoms with van der Waals surface area (Å²) in [6.45, 7) is 2.09. The van der Waals surface area contributed by atoms with Crippen LogP contribution in [0.4, 0.5) is 0 Å². The van der Waals surface area contributed by atoms with Gasteiger partial charge < -0.3 is 0 Å². The Bertz CT molecular complexity index is 466. The van der Waals surface area contributed by atoms with Crippen LogP contribution in [-0.4, -0.2) is 4.98 Å². The summed E-state index contributed by atoms with van der Waals surface area (Å²) >= 11 is 6.88. The molecule has 0 unspecified atom stereocenters. The van der Waals surface area contributed by atoms with Gasteiger partial charge in [0.2, 0.25) is 0 Å². The summed E-state index contributed by atoms with van der Waals surface area (Å²) in [7, 11) is 0. The average Bonchev–Trinajstić information content (AvgIpc) is 2.12. The molecule has 2 aromatic rings. The van der Waals surface area contributed by atoms with Crippen LogP contribution < -0.4 is 0 Å². The molecule has 0 bridgehead atoms. The van der Waals surface area contributed by atoms with Crippen molar-refractivity contribution in [3.63, 3.8) is 0 Å². The maximum absolute atomic E-state index is 4.33. The first-order valence-electron chi connectivity index (χ1n) is 3.89. The summed E-state index contributed by atoms with van der Waals surface area (Å²) in [5.41, 5.74) is 2.26. The molecule has 0 saturated heterocycles. The molecular formula is C10H7Br2N. The largest absolute Gasteiger partial charge is 0.255 e. The molecule has 1 aromatic heterocycles. The number of benzene rings is 1. The maximum Gasteiger partial charge on any atom is 0.0716 e. The van der Waals surface area contributed by atoms with Gasteiger partial charge in [-0.25, -0.2) is 0 Å². The highest BCUT2D eigenvalue weighted by Gasteiger charge is 2.02. The summed E-state index contributed by atoms with van der Waals surface area (Å²) < 4.78 is 2.12. The molecule has 1 heterocycles. The number of hydrogen-bond acceptors (Lipinski definition) is 1. The van der Waals surface area contributed by atoms with Crippen LogP contribution in [0.25, 0.3) is 10.9 Å². The van der Waals surface area contributed by atoms with E-state index in [1.807, 2.05) is 18.3 Å².